The summed E-state index contributed by atoms with van der Waals surface area (Å²) in [4.78, 5) is 19.8. The van der Waals surface area contributed by atoms with Gasteiger partial charge in [0, 0.05) is 6.61 Å². The summed E-state index contributed by atoms with van der Waals surface area (Å²) in [6, 6.07) is 0. The van der Waals surface area contributed by atoms with Crippen LogP contribution in [0.5, 0.6) is 0 Å². The number of rotatable bonds is 28. The van der Waals surface area contributed by atoms with Gasteiger partial charge in [0.05, 0.1) is 19.8 Å². The minimum atomic E-state index is -1.03. The van der Waals surface area contributed by atoms with Gasteiger partial charge in [0.25, 0.3) is 0 Å². The van der Waals surface area contributed by atoms with E-state index in [9.17, 15) is 10.2 Å². The molecule has 0 radical (unpaired) electrons. The predicted octanol–water partition coefficient (Wildman–Crippen LogP) is 3.46. The van der Waals surface area contributed by atoms with Crippen LogP contribution in [0.15, 0.2) is 0 Å². The summed E-state index contributed by atoms with van der Waals surface area (Å²) >= 11 is 0. The molecule has 0 aromatic heterocycles. The summed E-state index contributed by atoms with van der Waals surface area (Å²) in [7, 11) is 0. The van der Waals surface area contributed by atoms with Crippen LogP contribution in [0.3, 0.4) is 0 Å². The molecule has 0 spiro atoms. The third-order valence-corrected chi connectivity index (χ3v) is 5.43. The average Bonchev–Trinajstić information content (AvgIpc) is 2.85. The van der Waals surface area contributed by atoms with Crippen LogP contribution in [0, 0.1) is 0 Å². The highest BCUT2D eigenvalue weighted by Gasteiger charge is 2.14. The Morgan fingerprint density at radius 1 is 0.529 bits per heavy atom. The van der Waals surface area contributed by atoms with Crippen molar-refractivity contribution in [3.05, 3.63) is 0 Å². The quantitative estimate of drug-likeness (QED) is 0.0731. The Morgan fingerprint density at radius 3 is 1.47 bits per heavy atom. The Morgan fingerprint density at radius 2 is 0.971 bits per heavy atom. The third kappa shape index (κ3) is 24.8. The van der Waals surface area contributed by atoms with Gasteiger partial charge in [-0.2, -0.15) is 0 Å². The Balaban J connectivity index is 3.66. The van der Waals surface area contributed by atoms with Crippen LogP contribution in [0.2, 0.25) is 0 Å². The van der Waals surface area contributed by atoms with E-state index in [2.05, 4.69) is 6.92 Å². The van der Waals surface area contributed by atoms with Gasteiger partial charge < -0.3 is 25.2 Å². The molecule has 206 valence electrons. The van der Waals surface area contributed by atoms with E-state index in [1.54, 1.807) is 0 Å². The highest BCUT2D eigenvalue weighted by Crippen LogP contribution is 2.13. The number of aliphatic hydroxyl groups is 4. The van der Waals surface area contributed by atoms with Gasteiger partial charge >= 0.3 is 0 Å². The van der Waals surface area contributed by atoms with Crippen molar-refractivity contribution in [2.24, 2.45) is 0 Å². The van der Waals surface area contributed by atoms with Crippen molar-refractivity contribution in [3.8, 4) is 0 Å². The van der Waals surface area contributed by atoms with E-state index >= 15 is 0 Å². The van der Waals surface area contributed by atoms with Crippen LogP contribution in [0.4, 0.5) is 0 Å². The summed E-state index contributed by atoms with van der Waals surface area (Å²) in [6.45, 7) is 1.83. The SMILES string of the molecule is CCCCCCCCCCCCCCCCOCC(COOCC(O)CO)OOCC(O)CO. The van der Waals surface area contributed by atoms with Gasteiger partial charge in [-0.15, -0.1) is 0 Å². The van der Waals surface area contributed by atoms with Crippen molar-refractivity contribution >= 4 is 0 Å². The van der Waals surface area contributed by atoms with Crippen molar-refractivity contribution in [1.82, 2.24) is 0 Å². The van der Waals surface area contributed by atoms with Gasteiger partial charge in [-0.3, -0.25) is 0 Å². The maximum atomic E-state index is 9.30. The molecule has 0 aromatic carbocycles. The first-order valence-electron chi connectivity index (χ1n) is 13.3. The lowest BCUT2D eigenvalue weighted by Gasteiger charge is -2.18. The van der Waals surface area contributed by atoms with Gasteiger partial charge in [-0.05, 0) is 6.42 Å². The first-order chi connectivity index (χ1) is 16.6. The highest BCUT2D eigenvalue weighted by molar-refractivity contribution is 4.54. The van der Waals surface area contributed by atoms with E-state index in [4.69, 9.17) is 34.5 Å². The molecule has 0 fully saturated rings. The molecule has 0 aromatic rings. The van der Waals surface area contributed by atoms with Crippen molar-refractivity contribution < 1.29 is 44.7 Å². The Labute approximate surface area is 206 Å². The Bertz CT molecular complexity index is 387. The zero-order valence-electron chi connectivity index (χ0n) is 21.4. The van der Waals surface area contributed by atoms with E-state index in [0.717, 1.165) is 12.8 Å². The molecule has 0 saturated heterocycles. The molecule has 0 aliphatic rings. The summed E-state index contributed by atoms with van der Waals surface area (Å²) < 4.78 is 5.64. The van der Waals surface area contributed by atoms with Gasteiger partial charge in [0.15, 0.2) is 0 Å². The minimum Gasteiger partial charge on any atom is -0.394 e. The summed E-state index contributed by atoms with van der Waals surface area (Å²) in [5.74, 6) is 0. The second-order valence-electron chi connectivity index (χ2n) is 8.92. The Hall–Kier alpha value is -0.360. The number of ether oxygens (including phenoxy) is 1. The minimum absolute atomic E-state index is 0.0217. The molecule has 0 heterocycles. The molecule has 9 nitrogen and oxygen atoms in total. The van der Waals surface area contributed by atoms with E-state index < -0.39 is 31.5 Å². The van der Waals surface area contributed by atoms with E-state index in [1.807, 2.05) is 0 Å². The second kappa shape index (κ2) is 27.2. The lowest BCUT2D eigenvalue weighted by Crippen LogP contribution is -2.29. The Kier molecular flexibility index (Phi) is 26.9. The highest BCUT2D eigenvalue weighted by atomic mass is 17.2. The molecule has 0 saturated carbocycles. The molecule has 3 atom stereocenters. The van der Waals surface area contributed by atoms with Crippen molar-refractivity contribution in [3.63, 3.8) is 0 Å². The van der Waals surface area contributed by atoms with Crippen LogP contribution in [0.1, 0.15) is 96.8 Å². The van der Waals surface area contributed by atoms with Gasteiger partial charge in [0.2, 0.25) is 0 Å². The smallest absolute Gasteiger partial charge is 0.143 e. The second-order valence-corrected chi connectivity index (χ2v) is 8.92. The maximum Gasteiger partial charge on any atom is 0.143 e. The standard InChI is InChI=1S/C25H52O9/c1-2-3-4-5-6-7-8-9-10-11-12-13-14-15-16-30-21-25(34-33-20-24(29)18-27)22-32-31-19-23(28)17-26/h23-29H,2-22H2,1H3. The molecular formula is C25H52O9. The molecule has 0 aliphatic heterocycles. The molecule has 0 amide bonds. The molecular weight excluding hydrogens is 444 g/mol. The van der Waals surface area contributed by atoms with Gasteiger partial charge in [0.1, 0.15) is 38.1 Å². The number of aliphatic hydroxyl groups excluding tert-OH is 4. The van der Waals surface area contributed by atoms with Gasteiger partial charge in [-0.25, -0.2) is 19.6 Å². The third-order valence-electron chi connectivity index (χ3n) is 5.43. The fraction of sp³-hybridized carbons (Fsp3) is 1.00. The average molecular weight is 497 g/mol. The van der Waals surface area contributed by atoms with Crippen LogP contribution < -0.4 is 0 Å². The predicted molar refractivity (Wildman–Crippen MR) is 130 cm³/mol. The zero-order valence-corrected chi connectivity index (χ0v) is 21.4. The zero-order chi connectivity index (χ0) is 25.1. The molecule has 3 unspecified atom stereocenters. The van der Waals surface area contributed by atoms with Crippen LogP contribution in [-0.2, 0) is 24.3 Å². The summed E-state index contributed by atoms with van der Waals surface area (Å²) in [5.41, 5.74) is 0. The van der Waals surface area contributed by atoms with Crippen LogP contribution in [0.25, 0.3) is 0 Å². The lowest BCUT2D eigenvalue weighted by atomic mass is 10.0. The topological polar surface area (TPSA) is 127 Å². The van der Waals surface area contributed by atoms with E-state index in [1.165, 1.54) is 77.0 Å². The van der Waals surface area contributed by atoms with Crippen LogP contribution >= 0.6 is 0 Å². The first kappa shape index (κ1) is 33.6. The maximum absolute atomic E-state index is 9.30. The number of hydrogen-bond acceptors (Lipinski definition) is 9. The number of hydrogen-bond donors (Lipinski definition) is 4. The van der Waals surface area contributed by atoms with E-state index in [0.29, 0.717) is 6.61 Å². The van der Waals surface area contributed by atoms with Crippen molar-refractivity contribution in [2.45, 2.75) is 115 Å². The van der Waals surface area contributed by atoms with Gasteiger partial charge in [-0.1, -0.05) is 90.4 Å². The van der Waals surface area contributed by atoms with Crippen molar-refractivity contribution in [1.29, 1.82) is 0 Å². The molecule has 34 heavy (non-hydrogen) atoms. The monoisotopic (exact) mass is 496 g/mol. The largest absolute Gasteiger partial charge is 0.394 e. The normalized spacial score (nSPS) is 14.4. The molecule has 0 rings (SSSR count). The van der Waals surface area contributed by atoms with E-state index in [-0.39, 0.29) is 26.4 Å². The molecule has 9 heteroatoms. The first-order valence-corrected chi connectivity index (χ1v) is 13.3. The fourth-order valence-corrected chi connectivity index (χ4v) is 3.29. The lowest BCUT2D eigenvalue weighted by molar-refractivity contribution is -0.378. The van der Waals surface area contributed by atoms with Crippen molar-refractivity contribution in [2.75, 3.05) is 46.2 Å². The number of unbranched alkanes of at least 4 members (excludes halogenated alkanes) is 13. The summed E-state index contributed by atoms with van der Waals surface area (Å²) in [5, 5.41) is 36.1. The fourth-order valence-electron chi connectivity index (χ4n) is 3.29. The molecule has 0 bridgehead atoms. The van der Waals surface area contributed by atoms with Crippen LogP contribution in [-0.4, -0.2) is 85.0 Å². The molecule has 0 aliphatic carbocycles. The molecule has 4 N–H and O–H groups in total. The summed E-state index contributed by atoms with van der Waals surface area (Å²) in [6.07, 6.45) is 15.6.